The van der Waals surface area contributed by atoms with Gasteiger partial charge in [0.05, 0.1) is 21.3 Å². The second-order valence-electron chi connectivity index (χ2n) is 3.64. The first-order chi connectivity index (χ1) is 9.11. The predicted octanol–water partition coefficient (Wildman–Crippen LogP) is 3.16. The maximum atomic E-state index is 10.8. The minimum Gasteiger partial charge on any atom is -0.478 e. The number of pyridine rings is 1. The van der Waals surface area contributed by atoms with Gasteiger partial charge in [-0.2, -0.15) is 5.26 Å². The number of anilines is 2. The Bertz CT molecular complexity index is 680. The molecule has 0 saturated heterocycles. The average molecular weight is 318 g/mol. The van der Waals surface area contributed by atoms with E-state index in [9.17, 15) is 4.79 Å². The summed E-state index contributed by atoms with van der Waals surface area (Å²) in [7, 11) is 0. The number of carbonyl (C=O) groups is 1. The number of hydrogen-bond acceptors (Lipinski definition) is 4. The molecule has 6 heteroatoms. The van der Waals surface area contributed by atoms with Crippen LogP contribution in [0.4, 0.5) is 11.5 Å². The van der Waals surface area contributed by atoms with Gasteiger partial charge in [0.2, 0.25) is 0 Å². The number of hydrogen-bond donors (Lipinski definition) is 2. The quantitative estimate of drug-likeness (QED) is 0.908. The van der Waals surface area contributed by atoms with Crippen molar-refractivity contribution in [2.24, 2.45) is 0 Å². The Hall–Kier alpha value is -2.39. The van der Waals surface area contributed by atoms with Crippen LogP contribution >= 0.6 is 15.9 Å². The van der Waals surface area contributed by atoms with Crippen LogP contribution in [0.2, 0.25) is 0 Å². The molecule has 0 amide bonds. The molecule has 0 bridgehead atoms. The third-order valence-electron chi connectivity index (χ3n) is 2.39. The summed E-state index contributed by atoms with van der Waals surface area (Å²) in [5, 5.41) is 20.8. The van der Waals surface area contributed by atoms with Crippen molar-refractivity contribution in [2.75, 3.05) is 5.32 Å². The second-order valence-corrected chi connectivity index (χ2v) is 4.50. The largest absolute Gasteiger partial charge is 0.478 e. The highest BCUT2D eigenvalue weighted by Gasteiger charge is 2.09. The predicted molar refractivity (Wildman–Crippen MR) is 73.3 cm³/mol. The van der Waals surface area contributed by atoms with E-state index in [2.05, 4.69) is 32.3 Å². The van der Waals surface area contributed by atoms with Crippen LogP contribution < -0.4 is 5.32 Å². The lowest BCUT2D eigenvalue weighted by atomic mass is 10.2. The smallest absolute Gasteiger partial charge is 0.337 e. The number of rotatable bonds is 3. The molecule has 0 fully saturated rings. The zero-order chi connectivity index (χ0) is 13.8. The van der Waals surface area contributed by atoms with Crippen LogP contribution in [0.3, 0.4) is 0 Å². The number of halogens is 1. The Morgan fingerprint density at radius 2 is 2.16 bits per heavy atom. The number of para-hydroxylation sites is 1. The first kappa shape index (κ1) is 13.1. The third kappa shape index (κ3) is 2.89. The van der Waals surface area contributed by atoms with E-state index < -0.39 is 5.97 Å². The highest BCUT2D eigenvalue weighted by Crippen LogP contribution is 2.26. The number of carboxylic acid groups (broad SMARTS) is 1. The van der Waals surface area contributed by atoms with E-state index >= 15 is 0 Å². The van der Waals surface area contributed by atoms with E-state index in [4.69, 9.17) is 10.4 Å². The molecule has 2 rings (SSSR count). The molecule has 0 saturated carbocycles. The van der Waals surface area contributed by atoms with Crippen LogP contribution in [-0.4, -0.2) is 16.1 Å². The summed E-state index contributed by atoms with van der Waals surface area (Å²) >= 11 is 3.25. The monoisotopic (exact) mass is 317 g/mol. The second kappa shape index (κ2) is 5.50. The molecule has 1 aromatic heterocycles. The number of nitrogens with zero attached hydrogens (tertiary/aromatic N) is 2. The fraction of sp³-hybridized carbons (Fsp3) is 0. The molecule has 0 aliphatic heterocycles. The van der Waals surface area contributed by atoms with Crippen molar-refractivity contribution >= 4 is 33.4 Å². The maximum absolute atomic E-state index is 10.8. The first-order valence-electron chi connectivity index (χ1n) is 5.27. The van der Waals surface area contributed by atoms with Crippen molar-refractivity contribution < 1.29 is 9.90 Å². The van der Waals surface area contributed by atoms with Gasteiger partial charge in [0.25, 0.3) is 0 Å². The van der Waals surface area contributed by atoms with Crippen molar-refractivity contribution in [3.8, 4) is 6.07 Å². The number of aromatic carboxylic acids is 1. The van der Waals surface area contributed by atoms with Crippen molar-refractivity contribution in [1.29, 1.82) is 5.26 Å². The van der Waals surface area contributed by atoms with E-state index in [-0.39, 0.29) is 5.56 Å². The summed E-state index contributed by atoms with van der Waals surface area (Å²) in [6, 6.07) is 10.5. The number of nitrogens with one attached hydrogen (secondary N) is 1. The van der Waals surface area contributed by atoms with Gasteiger partial charge >= 0.3 is 5.97 Å². The number of aromatic nitrogens is 1. The minimum absolute atomic E-state index is 0.0889. The van der Waals surface area contributed by atoms with Gasteiger partial charge in [0, 0.05) is 6.20 Å². The van der Waals surface area contributed by atoms with Gasteiger partial charge in [-0.15, -0.1) is 0 Å². The SMILES string of the molecule is N#Cc1ccccc1Nc1ncc(C(=O)O)cc1Br. The Kier molecular flexibility index (Phi) is 3.78. The molecule has 0 aliphatic rings. The van der Waals surface area contributed by atoms with E-state index in [1.807, 2.05) is 0 Å². The van der Waals surface area contributed by atoms with Gasteiger partial charge in [0.15, 0.2) is 0 Å². The van der Waals surface area contributed by atoms with Crippen LogP contribution in [0.1, 0.15) is 15.9 Å². The molecule has 0 radical (unpaired) electrons. The van der Waals surface area contributed by atoms with Crippen molar-refractivity contribution in [2.45, 2.75) is 0 Å². The minimum atomic E-state index is -1.04. The van der Waals surface area contributed by atoms with Gasteiger partial charge in [-0.05, 0) is 34.1 Å². The van der Waals surface area contributed by atoms with E-state index in [1.165, 1.54) is 12.3 Å². The molecule has 0 spiro atoms. The summed E-state index contributed by atoms with van der Waals surface area (Å²) < 4.78 is 0.514. The molecule has 0 aliphatic carbocycles. The maximum Gasteiger partial charge on any atom is 0.337 e. The molecule has 0 atom stereocenters. The van der Waals surface area contributed by atoms with Gasteiger partial charge in [-0.1, -0.05) is 12.1 Å². The summed E-state index contributed by atoms with van der Waals surface area (Å²) in [5.41, 5.74) is 1.19. The van der Waals surface area contributed by atoms with Gasteiger partial charge in [0.1, 0.15) is 11.9 Å². The lowest BCUT2D eigenvalue weighted by Gasteiger charge is -2.09. The van der Waals surface area contributed by atoms with Gasteiger partial charge in [-0.25, -0.2) is 9.78 Å². The number of benzene rings is 1. The molecule has 94 valence electrons. The normalized spacial score (nSPS) is 9.68. The van der Waals surface area contributed by atoms with Crippen LogP contribution in [0.15, 0.2) is 41.0 Å². The van der Waals surface area contributed by atoms with E-state index in [0.717, 1.165) is 0 Å². The van der Waals surface area contributed by atoms with Crippen molar-refractivity contribution in [3.63, 3.8) is 0 Å². The van der Waals surface area contributed by atoms with Crippen LogP contribution in [0.25, 0.3) is 0 Å². The van der Waals surface area contributed by atoms with E-state index in [1.54, 1.807) is 24.3 Å². The molecule has 5 nitrogen and oxygen atoms in total. The fourth-order valence-corrected chi connectivity index (χ4v) is 1.91. The van der Waals surface area contributed by atoms with Gasteiger partial charge in [-0.3, -0.25) is 0 Å². The van der Waals surface area contributed by atoms with E-state index in [0.29, 0.717) is 21.5 Å². The van der Waals surface area contributed by atoms with Crippen molar-refractivity contribution in [1.82, 2.24) is 4.98 Å². The number of carboxylic acids is 1. The third-order valence-corrected chi connectivity index (χ3v) is 2.99. The Morgan fingerprint density at radius 3 is 2.79 bits per heavy atom. The Labute approximate surface area is 117 Å². The standard InChI is InChI=1S/C13H8BrN3O2/c14-10-5-9(13(18)19)7-16-12(10)17-11-4-2-1-3-8(11)6-15/h1-5,7H,(H,16,17)(H,18,19). The van der Waals surface area contributed by atoms with Crippen LogP contribution in [0, 0.1) is 11.3 Å². The first-order valence-corrected chi connectivity index (χ1v) is 6.06. The summed E-state index contributed by atoms with van der Waals surface area (Å²) in [6.45, 7) is 0. The van der Waals surface area contributed by atoms with Crippen LogP contribution in [-0.2, 0) is 0 Å². The summed E-state index contributed by atoms with van der Waals surface area (Å²) in [5.74, 6) is -0.593. The molecule has 2 aromatic rings. The highest BCUT2D eigenvalue weighted by atomic mass is 79.9. The fourth-order valence-electron chi connectivity index (χ4n) is 1.46. The molecule has 0 unspecified atom stereocenters. The van der Waals surface area contributed by atoms with Gasteiger partial charge < -0.3 is 10.4 Å². The lowest BCUT2D eigenvalue weighted by molar-refractivity contribution is 0.0696. The molecular weight excluding hydrogens is 310 g/mol. The molecular formula is C13H8BrN3O2. The number of nitriles is 1. The van der Waals surface area contributed by atoms with Crippen LogP contribution in [0.5, 0.6) is 0 Å². The zero-order valence-corrected chi connectivity index (χ0v) is 11.2. The molecule has 2 N–H and O–H groups in total. The molecule has 1 heterocycles. The average Bonchev–Trinajstić information content (AvgIpc) is 2.41. The summed E-state index contributed by atoms with van der Waals surface area (Å²) in [6.07, 6.45) is 1.25. The highest BCUT2D eigenvalue weighted by molar-refractivity contribution is 9.10. The molecule has 1 aromatic carbocycles. The Balaban J connectivity index is 2.34. The zero-order valence-electron chi connectivity index (χ0n) is 9.59. The molecule has 19 heavy (non-hydrogen) atoms. The lowest BCUT2D eigenvalue weighted by Crippen LogP contribution is -2.01. The van der Waals surface area contributed by atoms with Crippen molar-refractivity contribution in [3.05, 3.63) is 52.1 Å². The topological polar surface area (TPSA) is 86.0 Å². The Morgan fingerprint density at radius 1 is 1.42 bits per heavy atom. The summed E-state index contributed by atoms with van der Waals surface area (Å²) in [4.78, 5) is 14.8.